The van der Waals surface area contributed by atoms with Gasteiger partial charge in [0.05, 0.1) is 16.9 Å². The highest BCUT2D eigenvalue weighted by Crippen LogP contribution is 2.30. The van der Waals surface area contributed by atoms with E-state index in [1.807, 2.05) is 12.1 Å². The third-order valence-corrected chi connectivity index (χ3v) is 4.11. The predicted molar refractivity (Wildman–Crippen MR) is 79.0 cm³/mol. The number of benzene rings is 1. The van der Waals surface area contributed by atoms with Gasteiger partial charge in [-0.25, -0.2) is 0 Å². The molecule has 0 spiro atoms. The van der Waals surface area contributed by atoms with Crippen LogP contribution in [0.1, 0.15) is 49.4 Å². The van der Waals surface area contributed by atoms with E-state index in [4.69, 9.17) is 11.5 Å². The summed E-state index contributed by atoms with van der Waals surface area (Å²) in [5.74, 6) is 0.205. The molecule has 5 N–H and O–H groups in total. The zero-order valence-corrected chi connectivity index (χ0v) is 11.5. The molecule has 1 amide bonds. The summed E-state index contributed by atoms with van der Waals surface area (Å²) in [6, 6.07) is 5.74. The van der Waals surface area contributed by atoms with Crippen LogP contribution in [0.5, 0.6) is 0 Å². The average molecular weight is 261 g/mol. The van der Waals surface area contributed by atoms with Gasteiger partial charge in [-0.3, -0.25) is 4.79 Å². The van der Waals surface area contributed by atoms with Crippen molar-refractivity contribution in [3.63, 3.8) is 0 Å². The highest BCUT2D eigenvalue weighted by Gasteiger charge is 2.21. The van der Waals surface area contributed by atoms with Crippen LogP contribution < -0.4 is 16.8 Å². The smallest absolute Gasteiger partial charge is 0.250 e. The minimum absolute atomic E-state index is 0.366. The van der Waals surface area contributed by atoms with Crippen LogP contribution in [0.3, 0.4) is 0 Å². The van der Waals surface area contributed by atoms with Crippen molar-refractivity contribution in [2.24, 2.45) is 11.7 Å². The lowest BCUT2D eigenvalue weighted by atomic mass is 9.84. The van der Waals surface area contributed by atoms with Gasteiger partial charge in [-0.1, -0.05) is 25.3 Å². The fourth-order valence-electron chi connectivity index (χ4n) is 2.90. The molecule has 104 valence electrons. The monoisotopic (exact) mass is 261 g/mol. The Labute approximate surface area is 114 Å². The first kappa shape index (κ1) is 13.7. The summed E-state index contributed by atoms with van der Waals surface area (Å²) in [5, 5.41) is 3.44. The molecule has 0 radical (unpaired) electrons. The summed E-state index contributed by atoms with van der Waals surface area (Å²) in [6.45, 7) is 2.19. The highest BCUT2D eigenvalue weighted by molar-refractivity contribution is 6.00. The number of nitrogen functional groups attached to an aromatic ring is 1. The van der Waals surface area contributed by atoms with E-state index in [9.17, 15) is 4.79 Å². The van der Waals surface area contributed by atoms with Crippen molar-refractivity contribution >= 4 is 17.3 Å². The maximum Gasteiger partial charge on any atom is 0.250 e. The van der Waals surface area contributed by atoms with Crippen molar-refractivity contribution in [1.29, 1.82) is 0 Å². The quantitative estimate of drug-likeness (QED) is 0.729. The molecule has 1 aliphatic carbocycles. The number of carbonyl (C=O) groups is 1. The number of hydrogen-bond acceptors (Lipinski definition) is 3. The molecule has 19 heavy (non-hydrogen) atoms. The molecule has 2 rings (SSSR count). The number of rotatable bonds is 4. The van der Waals surface area contributed by atoms with E-state index in [1.165, 1.54) is 32.1 Å². The second-order valence-corrected chi connectivity index (χ2v) is 5.46. The third kappa shape index (κ3) is 3.19. The Bertz CT molecular complexity index is 453. The van der Waals surface area contributed by atoms with E-state index in [0.29, 0.717) is 23.2 Å². The van der Waals surface area contributed by atoms with E-state index in [2.05, 4.69) is 12.2 Å². The fraction of sp³-hybridized carbons (Fsp3) is 0.533. The fourth-order valence-corrected chi connectivity index (χ4v) is 2.90. The molecule has 1 aromatic rings. The van der Waals surface area contributed by atoms with Crippen LogP contribution in [0.15, 0.2) is 18.2 Å². The van der Waals surface area contributed by atoms with E-state index >= 15 is 0 Å². The van der Waals surface area contributed by atoms with Crippen molar-refractivity contribution in [3.8, 4) is 0 Å². The number of anilines is 2. The van der Waals surface area contributed by atoms with Crippen molar-refractivity contribution < 1.29 is 4.79 Å². The normalized spacial score (nSPS) is 17.9. The first-order valence-electron chi connectivity index (χ1n) is 7.04. The molecule has 1 atom stereocenters. The molecule has 0 heterocycles. The van der Waals surface area contributed by atoms with Crippen LogP contribution in [0.2, 0.25) is 0 Å². The molecule has 0 aliphatic heterocycles. The van der Waals surface area contributed by atoms with Gasteiger partial charge in [0.15, 0.2) is 0 Å². The molecular formula is C15H23N3O. The maximum atomic E-state index is 11.3. The van der Waals surface area contributed by atoms with Gasteiger partial charge < -0.3 is 16.8 Å². The number of para-hydroxylation sites is 1. The average Bonchev–Trinajstić information content (AvgIpc) is 2.41. The summed E-state index contributed by atoms with van der Waals surface area (Å²) in [4.78, 5) is 11.3. The van der Waals surface area contributed by atoms with Gasteiger partial charge in [0.1, 0.15) is 0 Å². The summed E-state index contributed by atoms with van der Waals surface area (Å²) in [7, 11) is 0. The number of carbonyl (C=O) groups excluding carboxylic acids is 1. The molecule has 4 nitrogen and oxygen atoms in total. The predicted octanol–water partition coefficient (Wildman–Crippen LogP) is 2.75. The van der Waals surface area contributed by atoms with Gasteiger partial charge in [-0.05, 0) is 37.8 Å². The van der Waals surface area contributed by atoms with Crippen molar-refractivity contribution in [1.82, 2.24) is 0 Å². The highest BCUT2D eigenvalue weighted by atomic mass is 16.1. The van der Waals surface area contributed by atoms with E-state index < -0.39 is 5.91 Å². The maximum absolute atomic E-state index is 11.3. The minimum Gasteiger partial charge on any atom is -0.396 e. The lowest BCUT2D eigenvalue weighted by Crippen LogP contribution is -2.28. The Hall–Kier alpha value is -1.71. The Kier molecular flexibility index (Phi) is 4.30. The second kappa shape index (κ2) is 5.95. The first-order chi connectivity index (χ1) is 9.09. The van der Waals surface area contributed by atoms with Crippen LogP contribution >= 0.6 is 0 Å². The summed E-state index contributed by atoms with van der Waals surface area (Å²) < 4.78 is 0. The number of primary amides is 1. The minimum atomic E-state index is -0.480. The molecule has 4 heteroatoms. The lowest BCUT2D eigenvalue weighted by Gasteiger charge is -2.29. The SMILES string of the molecule is CC(Nc1cccc(C(N)=O)c1N)C1CCCCC1. The lowest BCUT2D eigenvalue weighted by molar-refractivity contribution is 0.100. The van der Waals surface area contributed by atoms with Gasteiger partial charge in [-0.15, -0.1) is 0 Å². The van der Waals surface area contributed by atoms with Gasteiger partial charge in [-0.2, -0.15) is 0 Å². The van der Waals surface area contributed by atoms with Crippen LogP contribution in [-0.4, -0.2) is 11.9 Å². The van der Waals surface area contributed by atoms with Crippen LogP contribution in [-0.2, 0) is 0 Å². The summed E-state index contributed by atoms with van der Waals surface area (Å²) in [5.41, 5.74) is 13.0. The number of nitrogens with one attached hydrogen (secondary N) is 1. The zero-order valence-electron chi connectivity index (χ0n) is 11.5. The molecule has 0 saturated heterocycles. The van der Waals surface area contributed by atoms with Gasteiger partial charge in [0.25, 0.3) is 5.91 Å². The molecule has 1 saturated carbocycles. The Morgan fingerprint density at radius 1 is 1.32 bits per heavy atom. The first-order valence-corrected chi connectivity index (χ1v) is 7.04. The van der Waals surface area contributed by atoms with Crippen molar-refractivity contribution in [2.75, 3.05) is 11.1 Å². The molecule has 1 fully saturated rings. The van der Waals surface area contributed by atoms with E-state index in [-0.39, 0.29) is 0 Å². The third-order valence-electron chi connectivity index (χ3n) is 4.11. The summed E-state index contributed by atoms with van der Waals surface area (Å²) >= 11 is 0. The van der Waals surface area contributed by atoms with Crippen molar-refractivity contribution in [2.45, 2.75) is 45.1 Å². The summed E-state index contributed by atoms with van der Waals surface area (Å²) in [6.07, 6.45) is 6.51. The molecule has 0 bridgehead atoms. The van der Waals surface area contributed by atoms with E-state index in [0.717, 1.165) is 5.69 Å². The van der Waals surface area contributed by atoms with Gasteiger partial charge in [0.2, 0.25) is 0 Å². The molecule has 1 aliphatic rings. The van der Waals surface area contributed by atoms with Crippen LogP contribution in [0, 0.1) is 5.92 Å². The molecule has 1 aromatic carbocycles. The van der Waals surface area contributed by atoms with Gasteiger partial charge in [0, 0.05) is 6.04 Å². The van der Waals surface area contributed by atoms with Crippen LogP contribution in [0.4, 0.5) is 11.4 Å². The Morgan fingerprint density at radius 3 is 2.63 bits per heavy atom. The van der Waals surface area contributed by atoms with E-state index in [1.54, 1.807) is 6.07 Å². The molecule has 0 aromatic heterocycles. The Morgan fingerprint density at radius 2 is 2.00 bits per heavy atom. The number of hydrogen-bond donors (Lipinski definition) is 3. The largest absolute Gasteiger partial charge is 0.396 e. The van der Waals surface area contributed by atoms with Gasteiger partial charge >= 0.3 is 0 Å². The zero-order chi connectivity index (χ0) is 13.8. The number of amides is 1. The van der Waals surface area contributed by atoms with Crippen LogP contribution in [0.25, 0.3) is 0 Å². The molecule has 1 unspecified atom stereocenters. The Balaban J connectivity index is 2.10. The number of nitrogens with two attached hydrogens (primary N) is 2. The topological polar surface area (TPSA) is 81.1 Å². The second-order valence-electron chi connectivity index (χ2n) is 5.46. The van der Waals surface area contributed by atoms with Crippen molar-refractivity contribution in [3.05, 3.63) is 23.8 Å². The molecular weight excluding hydrogens is 238 g/mol. The standard InChI is InChI=1S/C15H23N3O/c1-10(11-6-3-2-4-7-11)18-13-9-5-8-12(14(13)16)15(17)19/h5,8-11,18H,2-4,6-7,16H2,1H3,(H2,17,19).